The van der Waals surface area contributed by atoms with Crippen LogP contribution in [0.4, 0.5) is 11.5 Å². The molecule has 1 aromatic carbocycles. The zero-order valence-corrected chi connectivity index (χ0v) is 20.0. The summed E-state index contributed by atoms with van der Waals surface area (Å²) in [5.41, 5.74) is 3.07. The maximum atomic E-state index is 13.3. The number of allylic oxidation sites excluding steroid dienone is 2. The van der Waals surface area contributed by atoms with Gasteiger partial charge in [0.15, 0.2) is 10.9 Å². The molecule has 3 heterocycles. The summed E-state index contributed by atoms with van der Waals surface area (Å²) in [7, 11) is 0. The molecule has 2 N–H and O–H groups in total. The molecule has 178 valence electrons. The van der Waals surface area contributed by atoms with Gasteiger partial charge in [-0.05, 0) is 35.1 Å². The number of H-pyrrole nitrogens is 1. The van der Waals surface area contributed by atoms with Gasteiger partial charge in [0.2, 0.25) is 0 Å². The van der Waals surface area contributed by atoms with Crippen LogP contribution in [0, 0.1) is 15.5 Å². The van der Waals surface area contributed by atoms with E-state index in [9.17, 15) is 19.7 Å². The SMILES string of the molecule is CC1(C)CC(=O)C2=C(C1)Nc1nc(SCc3ccc([N+](=O)[O-])cc3)[nH]c(=O)c1[C@@H]2c1ccncc1. The Kier molecular flexibility index (Phi) is 5.76. The Morgan fingerprint density at radius 2 is 1.83 bits per heavy atom. The molecule has 35 heavy (non-hydrogen) atoms. The van der Waals surface area contributed by atoms with E-state index in [1.165, 1.54) is 23.9 Å². The number of nitrogens with zero attached hydrogens (tertiary/aromatic N) is 3. The number of anilines is 1. The van der Waals surface area contributed by atoms with Gasteiger partial charge in [-0.25, -0.2) is 4.98 Å². The summed E-state index contributed by atoms with van der Waals surface area (Å²) in [5.74, 6) is 0.448. The minimum Gasteiger partial charge on any atom is -0.343 e. The van der Waals surface area contributed by atoms with Gasteiger partial charge in [0.1, 0.15) is 5.82 Å². The van der Waals surface area contributed by atoms with Gasteiger partial charge in [0.25, 0.3) is 11.2 Å². The molecule has 0 bridgehead atoms. The standard InChI is InChI=1S/C25H23N5O4S/c1-25(2)11-17-20(18(31)12-25)19(15-7-9-26-10-8-15)21-22(27-17)28-24(29-23(21)32)35-13-14-3-5-16(6-4-14)30(33)34/h3-10,19H,11-13H2,1-2H3,(H2,27,28,29,32)/t19-/m1/s1. The molecule has 9 nitrogen and oxygen atoms in total. The van der Waals surface area contributed by atoms with Crippen molar-refractivity contribution in [2.45, 2.75) is 43.5 Å². The zero-order chi connectivity index (χ0) is 24.7. The van der Waals surface area contributed by atoms with Crippen molar-refractivity contribution in [1.29, 1.82) is 0 Å². The average molecular weight is 490 g/mol. The maximum Gasteiger partial charge on any atom is 0.269 e. The van der Waals surface area contributed by atoms with E-state index in [2.05, 4.69) is 29.1 Å². The fourth-order valence-corrected chi connectivity index (χ4v) is 5.53. The molecule has 3 aromatic rings. The fourth-order valence-electron chi connectivity index (χ4n) is 4.72. The first-order chi connectivity index (χ1) is 16.7. The number of aromatic nitrogens is 3. The average Bonchev–Trinajstić information content (AvgIpc) is 2.81. The van der Waals surface area contributed by atoms with E-state index in [1.54, 1.807) is 24.5 Å². The highest BCUT2D eigenvalue weighted by molar-refractivity contribution is 7.98. The highest BCUT2D eigenvalue weighted by atomic mass is 32.2. The lowest BCUT2D eigenvalue weighted by Gasteiger charge is -2.38. The monoisotopic (exact) mass is 489 g/mol. The van der Waals surface area contributed by atoms with E-state index in [0.717, 1.165) is 16.8 Å². The van der Waals surface area contributed by atoms with E-state index in [0.29, 0.717) is 40.7 Å². The summed E-state index contributed by atoms with van der Waals surface area (Å²) < 4.78 is 0. The highest BCUT2D eigenvalue weighted by Crippen LogP contribution is 2.47. The molecule has 2 aromatic heterocycles. The van der Waals surface area contributed by atoms with Crippen LogP contribution < -0.4 is 10.9 Å². The third-order valence-corrected chi connectivity index (χ3v) is 7.21. The van der Waals surface area contributed by atoms with Crippen molar-refractivity contribution in [2.24, 2.45) is 5.41 Å². The number of pyridine rings is 1. The third-order valence-electron chi connectivity index (χ3n) is 6.26. The number of Topliss-reactive ketones (excluding diaryl/α,β-unsaturated/α-hetero) is 1. The predicted octanol–water partition coefficient (Wildman–Crippen LogP) is 4.57. The second-order valence-corrected chi connectivity index (χ2v) is 10.5. The number of carbonyl (C=O) groups is 1. The number of nitrogens with one attached hydrogen (secondary N) is 2. The molecule has 0 spiro atoms. The summed E-state index contributed by atoms with van der Waals surface area (Å²) in [4.78, 5) is 48.7. The number of thioether (sulfide) groups is 1. The Morgan fingerprint density at radius 3 is 2.51 bits per heavy atom. The molecule has 10 heteroatoms. The molecular weight excluding hydrogens is 466 g/mol. The number of ketones is 1. The van der Waals surface area contributed by atoms with E-state index >= 15 is 0 Å². The third kappa shape index (κ3) is 4.49. The normalized spacial score (nSPS) is 18.5. The first-order valence-electron chi connectivity index (χ1n) is 11.2. The summed E-state index contributed by atoms with van der Waals surface area (Å²) in [6.45, 7) is 4.12. The summed E-state index contributed by atoms with van der Waals surface area (Å²) in [6, 6.07) is 9.94. The number of non-ortho nitro benzene ring substituents is 1. The van der Waals surface area contributed by atoms with E-state index < -0.39 is 10.8 Å². The van der Waals surface area contributed by atoms with E-state index in [4.69, 9.17) is 4.98 Å². The van der Waals surface area contributed by atoms with Gasteiger partial charge < -0.3 is 10.3 Å². The maximum absolute atomic E-state index is 13.3. The summed E-state index contributed by atoms with van der Waals surface area (Å²) in [6.07, 6.45) is 4.41. The number of benzene rings is 1. The predicted molar refractivity (Wildman–Crippen MR) is 132 cm³/mol. The minimum atomic E-state index is -0.516. The second-order valence-electron chi connectivity index (χ2n) is 9.52. The molecule has 0 radical (unpaired) electrons. The minimum absolute atomic E-state index is 0.0273. The van der Waals surface area contributed by atoms with Crippen LogP contribution in [-0.4, -0.2) is 25.7 Å². The second kappa shape index (κ2) is 8.77. The van der Waals surface area contributed by atoms with Gasteiger partial charge in [-0.15, -0.1) is 0 Å². The Hall–Kier alpha value is -3.79. The number of hydrogen-bond acceptors (Lipinski definition) is 8. The smallest absolute Gasteiger partial charge is 0.269 e. The number of hydrogen-bond donors (Lipinski definition) is 2. The molecule has 0 unspecified atom stereocenters. The van der Waals surface area contributed by atoms with E-state index in [1.807, 2.05) is 12.1 Å². The Labute approximate surface area is 205 Å². The largest absolute Gasteiger partial charge is 0.343 e. The lowest BCUT2D eigenvalue weighted by atomic mass is 9.69. The van der Waals surface area contributed by atoms with Crippen LogP contribution in [0.1, 0.15) is 49.3 Å². The number of rotatable bonds is 5. The number of nitro benzene ring substituents is 1. The van der Waals surface area contributed by atoms with Crippen molar-refractivity contribution in [1.82, 2.24) is 15.0 Å². The molecule has 5 rings (SSSR count). The first-order valence-corrected chi connectivity index (χ1v) is 12.1. The Morgan fingerprint density at radius 1 is 1.11 bits per heavy atom. The Bertz CT molecular complexity index is 1410. The molecular formula is C25H23N5O4S. The quantitative estimate of drug-likeness (QED) is 0.231. The summed E-state index contributed by atoms with van der Waals surface area (Å²) in [5, 5.41) is 14.6. The van der Waals surface area contributed by atoms with E-state index in [-0.39, 0.29) is 22.4 Å². The van der Waals surface area contributed by atoms with Crippen molar-refractivity contribution in [3.63, 3.8) is 0 Å². The van der Waals surface area contributed by atoms with Gasteiger partial charge in [-0.1, -0.05) is 37.7 Å². The number of nitro groups is 1. The summed E-state index contributed by atoms with van der Waals surface area (Å²) >= 11 is 1.33. The van der Waals surface area contributed by atoms with Gasteiger partial charge >= 0.3 is 0 Å². The van der Waals surface area contributed by atoms with Crippen molar-refractivity contribution in [2.75, 3.05) is 5.32 Å². The molecule has 2 aliphatic rings. The van der Waals surface area contributed by atoms with Gasteiger partial charge in [-0.2, -0.15) is 0 Å². The number of aromatic amines is 1. The fraction of sp³-hybridized carbons (Fsp3) is 0.280. The molecule has 1 atom stereocenters. The van der Waals surface area contributed by atoms with Crippen molar-refractivity contribution in [3.05, 3.63) is 97.2 Å². The van der Waals surface area contributed by atoms with Crippen molar-refractivity contribution < 1.29 is 9.72 Å². The lowest BCUT2D eigenvalue weighted by molar-refractivity contribution is -0.384. The topological polar surface area (TPSA) is 131 Å². The molecule has 0 saturated carbocycles. The molecule has 0 saturated heterocycles. The van der Waals surface area contributed by atoms with Gasteiger partial charge in [-0.3, -0.25) is 24.7 Å². The van der Waals surface area contributed by atoms with Crippen LogP contribution >= 0.6 is 11.8 Å². The highest BCUT2D eigenvalue weighted by Gasteiger charge is 2.42. The first kappa shape index (κ1) is 23.0. The molecule has 1 aliphatic carbocycles. The van der Waals surface area contributed by atoms with Crippen LogP contribution in [0.5, 0.6) is 0 Å². The zero-order valence-electron chi connectivity index (χ0n) is 19.2. The van der Waals surface area contributed by atoms with Crippen LogP contribution in [-0.2, 0) is 10.5 Å². The molecule has 0 fully saturated rings. The Balaban J connectivity index is 1.51. The van der Waals surface area contributed by atoms with Crippen LogP contribution in [0.15, 0.2) is 70.0 Å². The van der Waals surface area contributed by atoms with Gasteiger partial charge in [0.05, 0.1) is 10.5 Å². The number of carbonyl (C=O) groups excluding carboxylic acids is 1. The van der Waals surface area contributed by atoms with Gasteiger partial charge in [0, 0.05) is 53.9 Å². The van der Waals surface area contributed by atoms with Crippen molar-refractivity contribution >= 4 is 29.1 Å². The van der Waals surface area contributed by atoms with Crippen LogP contribution in [0.25, 0.3) is 0 Å². The lowest BCUT2D eigenvalue weighted by Crippen LogP contribution is -2.37. The number of fused-ring (bicyclic) bond motifs is 1. The van der Waals surface area contributed by atoms with Crippen LogP contribution in [0.3, 0.4) is 0 Å². The molecule has 0 amide bonds. The van der Waals surface area contributed by atoms with Crippen molar-refractivity contribution in [3.8, 4) is 0 Å². The molecule has 1 aliphatic heterocycles. The van der Waals surface area contributed by atoms with Crippen LogP contribution in [0.2, 0.25) is 0 Å².